The average molecular weight is 302 g/mol. The molecule has 3 saturated carbocycles. The fourth-order valence-corrected chi connectivity index (χ4v) is 6.95. The molecule has 0 aromatic carbocycles. The standard InChI is InChI=1S/C20H30O2/c1-12-10-13-11-14(21)6-8-19(13,2)16-7-9-20(3)15(18(12)16)4-5-17(20)22/h6,8,12-16,18,21H,4-5,7,9-11H2,1-3H3/t12-,13+,14-,15+,16+,18+,19+,20+/m1/s1. The zero-order chi connectivity index (χ0) is 15.7. The fraction of sp³-hybridized carbons (Fsp3) is 0.850. The van der Waals surface area contributed by atoms with Gasteiger partial charge in [0.15, 0.2) is 0 Å². The molecule has 0 amide bonds. The fourth-order valence-electron chi connectivity index (χ4n) is 6.95. The lowest BCUT2D eigenvalue weighted by Gasteiger charge is -2.60. The van der Waals surface area contributed by atoms with Crippen molar-refractivity contribution in [3.05, 3.63) is 12.2 Å². The largest absolute Gasteiger partial charge is 0.389 e. The third-order valence-corrected chi connectivity index (χ3v) is 8.24. The number of ketones is 1. The van der Waals surface area contributed by atoms with Crippen LogP contribution in [-0.4, -0.2) is 17.0 Å². The summed E-state index contributed by atoms with van der Waals surface area (Å²) in [6.45, 7) is 7.10. The first-order valence-corrected chi connectivity index (χ1v) is 9.27. The highest BCUT2D eigenvalue weighted by atomic mass is 16.3. The van der Waals surface area contributed by atoms with Gasteiger partial charge in [0.1, 0.15) is 5.78 Å². The summed E-state index contributed by atoms with van der Waals surface area (Å²) in [5.41, 5.74) is 0.208. The van der Waals surface area contributed by atoms with E-state index in [9.17, 15) is 9.90 Å². The number of carbonyl (C=O) groups excluding carboxylic acids is 1. The van der Waals surface area contributed by atoms with Crippen LogP contribution in [0.4, 0.5) is 0 Å². The zero-order valence-corrected chi connectivity index (χ0v) is 14.2. The lowest BCUT2D eigenvalue weighted by atomic mass is 9.44. The van der Waals surface area contributed by atoms with Crippen LogP contribution in [0.15, 0.2) is 12.2 Å². The second kappa shape index (κ2) is 4.69. The minimum Gasteiger partial charge on any atom is -0.389 e. The molecule has 2 heteroatoms. The van der Waals surface area contributed by atoms with Crippen molar-refractivity contribution in [1.29, 1.82) is 0 Å². The minimum atomic E-state index is -0.247. The minimum absolute atomic E-state index is 0.0312. The van der Waals surface area contributed by atoms with E-state index < -0.39 is 0 Å². The molecule has 3 fully saturated rings. The second-order valence-corrected chi connectivity index (χ2v) is 9.15. The smallest absolute Gasteiger partial charge is 0.139 e. The lowest BCUT2D eigenvalue weighted by Crippen LogP contribution is -2.55. The quantitative estimate of drug-likeness (QED) is 0.687. The SMILES string of the molecule is C[C@@H]1C[C@H]2C[C@H](O)C=C[C@]2(C)[C@H]2CC[C@]3(C)C(=O)CC[C@H]3[C@H]12. The molecule has 0 radical (unpaired) electrons. The van der Waals surface area contributed by atoms with Crippen LogP contribution in [0, 0.1) is 40.4 Å². The molecular formula is C20H30O2. The van der Waals surface area contributed by atoms with E-state index in [0.29, 0.717) is 35.4 Å². The average Bonchev–Trinajstić information content (AvgIpc) is 2.77. The van der Waals surface area contributed by atoms with E-state index in [0.717, 1.165) is 25.7 Å². The van der Waals surface area contributed by atoms with Gasteiger partial charge in [0, 0.05) is 11.8 Å². The Morgan fingerprint density at radius 2 is 1.95 bits per heavy atom. The topological polar surface area (TPSA) is 37.3 Å². The molecule has 122 valence electrons. The maximum absolute atomic E-state index is 12.5. The highest BCUT2D eigenvalue weighted by Gasteiger charge is 2.61. The third kappa shape index (κ3) is 1.79. The van der Waals surface area contributed by atoms with E-state index in [-0.39, 0.29) is 16.9 Å². The third-order valence-electron chi connectivity index (χ3n) is 8.24. The summed E-state index contributed by atoms with van der Waals surface area (Å²) in [7, 11) is 0. The Morgan fingerprint density at radius 1 is 1.18 bits per heavy atom. The van der Waals surface area contributed by atoms with Crippen LogP contribution in [0.25, 0.3) is 0 Å². The molecule has 8 atom stereocenters. The van der Waals surface area contributed by atoms with Gasteiger partial charge in [-0.2, -0.15) is 0 Å². The van der Waals surface area contributed by atoms with Gasteiger partial charge >= 0.3 is 0 Å². The van der Waals surface area contributed by atoms with E-state index >= 15 is 0 Å². The Kier molecular flexibility index (Phi) is 3.18. The van der Waals surface area contributed by atoms with Gasteiger partial charge in [0.05, 0.1) is 6.10 Å². The molecule has 22 heavy (non-hydrogen) atoms. The van der Waals surface area contributed by atoms with Crippen molar-refractivity contribution in [2.45, 2.75) is 65.4 Å². The van der Waals surface area contributed by atoms with E-state index in [4.69, 9.17) is 0 Å². The molecule has 4 rings (SSSR count). The summed E-state index contributed by atoms with van der Waals surface area (Å²) >= 11 is 0. The summed E-state index contributed by atoms with van der Waals surface area (Å²) in [4.78, 5) is 12.5. The number of aliphatic hydroxyl groups excluding tert-OH is 1. The molecule has 0 bridgehead atoms. The number of aliphatic hydroxyl groups is 1. The molecule has 4 aliphatic carbocycles. The highest BCUT2D eigenvalue weighted by Crippen LogP contribution is 2.65. The Morgan fingerprint density at radius 3 is 2.73 bits per heavy atom. The van der Waals surface area contributed by atoms with Crippen molar-refractivity contribution in [2.24, 2.45) is 40.4 Å². The van der Waals surface area contributed by atoms with Gasteiger partial charge < -0.3 is 5.11 Å². The van der Waals surface area contributed by atoms with E-state index in [1.54, 1.807) is 0 Å². The molecule has 0 unspecified atom stereocenters. The number of carbonyl (C=O) groups is 1. The van der Waals surface area contributed by atoms with Crippen molar-refractivity contribution in [3.8, 4) is 0 Å². The van der Waals surface area contributed by atoms with Crippen LogP contribution >= 0.6 is 0 Å². The van der Waals surface area contributed by atoms with Gasteiger partial charge in [-0.05, 0) is 67.1 Å². The number of Topliss-reactive ketones (excluding diaryl/α,β-unsaturated/α-hetero) is 1. The maximum Gasteiger partial charge on any atom is 0.139 e. The monoisotopic (exact) mass is 302 g/mol. The van der Waals surface area contributed by atoms with Crippen molar-refractivity contribution in [1.82, 2.24) is 0 Å². The summed E-state index contributed by atoms with van der Waals surface area (Å²) in [5.74, 6) is 3.85. The predicted octanol–water partition coefficient (Wildman–Crippen LogP) is 3.98. The summed E-state index contributed by atoms with van der Waals surface area (Å²) < 4.78 is 0. The van der Waals surface area contributed by atoms with Gasteiger partial charge in [-0.25, -0.2) is 0 Å². The molecule has 0 spiro atoms. The van der Waals surface area contributed by atoms with Crippen molar-refractivity contribution in [3.63, 3.8) is 0 Å². The van der Waals surface area contributed by atoms with E-state index in [1.807, 2.05) is 6.08 Å². The first-order valence-electron chi connectivity index (χ1n) is 9.27. The molecule has 0 aromatic rings. The van der Waals surface area contributed by atoms with E-state index in [2.05, 4.69) is 26.8 Å². The van der Waals surface area contributed by atoms with Gasteiger partial charge in [-0.15, -0.1) is 0 Å². The van der Waals surface area contributed by atoms with Crippen LogP contribution in [0.2, 0.25) is 0 Å². The molecular weight excluding hydrogens is 272 g/mol. The maximum atomic E-state index is 12.5. The predicted molar refractivity (Wildman–Crippen MR) is 87.2 cm³/mol. The van der Waals surface area contributed by atoms with Crippen LogP contribution in [0.3, 0.4) is 0 Å². The highest BCUT2D eigenvalue weighted by molar-refractivity contribution is 5.87. The molecule has 1 N–H and O–H groups in total. The van der Waals surface area contributed by atoms with Gasteiger partial charge in [0.2, 0.25) is 0 Å². The first-order chi connectivity index (χ1) is 10.4. The molecule has 0 aromatic heterocycles. The molecule has 0 saturated heterocycles. The van der Waals surface area contributed by atoms with Gasteiger partial charge in [-0.3, -0.25) is 4.79 Å². The molecule has 4 aliphatic rings. The molecule has 2 nitrogen and oxygen atoms in total. The first kappa shape index (κ1) is 14.9. The number of rotatable bonds is 0. The lowest BCUT2D eigenvalue weighted by molar-refractivity contribution is -0.139. The Balaban J connectivity index is 1.73. The summed E-state index contributed by atoms with van der Waals surface area (Å²) in [5, 5.41) is 10.0. The number of hydrogen-bond donors (Lipinski definition) is 1. The van der Waals surface area contributed by atoms with Crippen LogP contribution in [0.1, 0.15) is 59.3 Å². The van der Waals surface area contributed by atoms with Crippen molar-refractivity contribution < 1.29 is 9.90 Å². The zero-order valence-electron chi connectivity index (χ0n) is 14.2. The number of allylic oxidation sites excluding steroid dienone is 1. The van der Waals surface area contributed by atoms with Gasteiger partial charge in [-0.1, -0.05) is 32.9 Å². The van der Waals surface area contributed by atoms with Crippen LogP contribution in [0.5, 0.6) is 0 Å². The second-order valence-electron chi connectivity index (χ2n) is 9.15. The van der Waals surface area contributed by atoms with E-state index in [1.165, 1.54) is 12.8 Å². The van der Waals surface area contributed by atoms with Crippen molar-refractivity contribution in [2.75, 3.05) is 0 Å². The Bertz CT molecular complexity index is 524. The summed E-state index contributed by atoms with van der Waals surface area (Å²) in [6.07, 6.45) is 10.5. The Labute approximate surface area is 134 Å². The molecule has 0 heterocycles. The number of fused-ring (bicyclic) bond motifs is 5. The normalized spacial score (nSPS) is 57.2. The van der Waals surface area contributed by atoms with Crippen LogP contribution in [-0.2, 0) is 4.79 Å². The van der Waals surface area contributed by atoms with Crippen molar-refractivity contribution >= 4 is 5.78 Å². The molecule has 0 aliphatic heterocycles. The summed E-state index contributed by atoms with van der Waals surface area (Å²) in [6, 6.07) is 0. The number of hydrogen-bond acceptors (Lipinski definition) is 2. The Hall–Kier alpha value is -0.630. The van der Waals surface area contributed by atoms with Gasteiger partial charge in [0.25, 0.3) is 0 Å². The van der Waals surface area contributed by atoms with Crippen LogP contribution < -0.4 is 0 Å².